The molecule has 144 valence electrons. The van der Waals surface area contributed by atoms with Gasteiger partial charge in [-0.3, -0.25) is 0 Å². The van der Waals surface area contributed by atoms with Crippen molar-refractivity contribution in [3.05, 3.63) is 96.1 Å². The van der Waals surface area contributed by atoms with Crippen molar-refractivity contribution in [3.63, 3.8) is 0 Å². The molecule has 0 fully saturated rings. The molecule has 0 bridgehead atoms. The number of benzene rings is 3. The SMILES string of the molecule is COc1ccc2ccccc2c1CNCc1ccccc1Cn1ccnc1.Cl. The van der Waals surface area contributed by atoms with Crippen LogP contribution >= 0.6 is 12.4 Å². The minimum Gasteiger partial charge on any atom is -0.496 e. The smallest absolute Gasteiger partial charge is 0.123 e. The van der Waals surface area contributed by atoms with Crippen molar-refractivity contribution in [2.45, 2.75) is 19.6 Å². The zero-order valence-corrected chi connectivity index (χ0v) is 16.7. The average molecular weight is 394 g/mol. The molecule has 0 unspecified atom stereocenters. The Morgan fingerprint density at radius 3 is 2.50 bits per heavy atom. The summed E-state index contributed by atoms with van der Waals surface area (Å²) in [4.78, 5) is 4.13. The van der Waals surface area contributed by atoms with E-state index in [1.54, 1.807) is 7.11 Å². The summed E-state index contributed by atoms with van der Waals surface area (Å²) in [6.45, 7) is 2.39. The maximum Gasteiger partial charge on any atom is 0.123 e. The minimum atomic E-state index is 0. The van der Waals surface area contributed by atoms with Crippen LogP contribution in [0.25, 0.3) is 10.8 Å². The highest BCUT2D eigenvalue weighted by molar-refractivity contribution is 5.87. The quantitative estimate of drug-likeness (QED) is 0.490. The molecular formula is C23H24ClN3O. The first-order valence-corrected chi connectivity index (χ1v) is 9.13. The Balaban J connectivity index is 0.00000225. The third-order valence-corrected chi connectivity index (χ3v) is 4.87. The number of methoxy groups -OCH3 is 1. The van der Waals surface area contributed by atoms with Gasteiger partial charge in [-0.15, -0.1) is 12.4 Å². The van der Waals surface area contributed by atoms with E-state index in [2.05, 4.69) is 69.5 Å². The zero-order valence-electron chi connectivity index (χ0n) is 15.8. The lowest BCUT2D eigenvalue weighted by atomic mass is 10.0. The molecule has 0 radical (unpaired) electrons. The Morgan fingerprint density at radius 2 is 1.71 bits per heavy atom. The van der Waals surface area contributed by atoms with Gasteiger partial charge in [-0.1, -0.05) is 54.6 Å². The largest absolute Gasteiger partial charge is 0.496 e. The Labute approximate surface area is 171 Å². The number of rotatable bonds is 7. The highest BCUT2D eigenvalue weighted by Gasteiger charge is 2.09. The molecule has 1 heterocycles. The van der Waals surface area contributed by atoms with Gasteiger partial charge in [0.05, 0.1) is 13.4 Å². The molecule has 0 atom stereocenters. The third kappa shape index (κ3) is 4.35. The molecule has 0 aliphatic heterocycles. The molecule has 4 aromatic rings. The van der Waals surface area contributed by atoms with E-state index in [-0.39, 0.29) is 12.4 Å². The van der Waals surface area contributed by atoms with Gasteiger partial charge in [0, 0.05) is 37.6 Å². The summed E-state index contributed by atoms with van der Waals surface area (Å²) >= 11 is 0. The molecular weight excluding hydrogens is 370 g/mol. The van der Waals surface area contributed by atoms with Crippen molar-refractivity contribution < 1.29 is 4.74 Å². The second-order valence-electron chi connectivity index (χ2n) is 6.57. The Kier molecular flexibility index (Phi) is 6.69. The van der Waals surface area contributed by atoms with Gasteiger partial charge in [-0.2, -0.15) is 0 Å². The zero-order chi connectivity index (χ0) is 18.5. The summed E-state index contributed by atoms with van der Waals surface area (Å²) in [6.07, 6.45) is 5.66. The van der Waals surface area contributed by atoms with E-state index in [0.717, 1.165) is 25.4 Å². The lowest BCUT2D eigenvalue weighted by Gasteiger charge is -2.15. The Morgan fingerprint density at radius 1 is 0.929 bits per heavy atom. The van der Waals surface area contributed by atoms with Crippen LogP contribution in [0.4, 0.5) is 0 Å². The number of hydrogen-bond acceptors (Lipinski definition) is 3. The molecule has 1 aromatic heterocycles. The van der Waals surface area contributed by atoms with Crippen molar-refractivity contribution in [1.82, 2.24) is 14.9 Å². The van der Waals surface area contributed by atoms with E-state index < -0.39 is 0 Å². The Hall–Kier alpha value is -2.82. The first-order chi connectivity index (χ1) is 13.3. The van der Waals surface area contributed by atoms with Gasteiger partial charge in [0.2, 0.25) is 0 Å². The first-order valence-electron chi connectivity index (χ1n) is 9.13. The standard InChI is InChI=1S/C23H23N3O.ClH/c1-27-23-11-10-18-6-4-5-9-21(18)22(23)15-25-14-19-7-2-3-8-20(19)16-26-13-12-24-17-26;/h2-13,17,25H,14-16H2,1H3;1H. The van der Waals surface area contributed by atoms with Crippen LogP contribution in [0.1, 0.15) is 16.7 Å². The molecule has 0 saturated heterocycles. The lowest BCUT2D eigenvalue weighted by Crippen LogP contribution is -2.15. The maximum absolute atomic E-state index is 5.60. The van der Waals surface area contributed by atoms with Crippen LogP contribution in [-0.4, -0.2) is 16.7 Å². The second-order valence-corrected chi connectivity index (χ2v) is 6.57. The highest BCUT2D eigenvalue weighted by Crippen LogP contribution is 2.28. The maximum atomic E-state index is 5.60. The fourth-order valence-corrected chi connectivity index (χ4v) is 3.47. The van der Waals surface area contributed by atoms with E-state index >= 15 is 0 Å². The summed E-state index contributed by atoms with van der Waals surface area (Å²) in [5.41, 5.74) is 3.79. The summed E-state index contributed by atoms with van der Waals surface area (Å²) in [5.74, 6) is 0.924. The predicted molar refractivity (Wildman–Crippen MR) is 116 cm³/mol. The number of nitrogens with one attached hydrogen (secondary N) is 1. The van der Waals surface area contributed by atoms with Gasteiger partial charge in [0.15, 0.2) is 0 Å². The number of aromatic nitrogens is 2. The minimum absolute atomic E-state index is 0. The molecule has 28 heavy (non-hydrogen) atoms. The molecule has 0 amide bonds. The van der Waals surface area contributed by atoms with Crippen LogP contribution in [-0.2, 0) is 19.6 Å². The lowest BCUT2D eigenvalue weighted by molar-refractivity contribution is 0.408. The van der Waals surface area contributed by atoms with Crippen molar-refractivity contribution in [2.24, 2.45) is 0 Å². The molecule has 0 spiro atoms. The van der Waals surface area contributed by atoms with Crippen LogP contribution in [0.3, 0.4) is 0 Å². The predicted octanol–water partition coefficient (Wildman–Crippen LogP) is 4.80. The number of fused-ring (bicyclic) bond motifs is 1. The van der Waals surface area contributed by atoms with E-state index in [1.165, 1.54) is 27.5 Å². The van der Waals surface area contributed by atoms with Gasteiger partial charge in [-0.05, 0) is 28.0 Å². The molecule has 0 aliphatic carbocycles. The number of hydrogen-bond donors (Lipinski definition) is 1. The summed E-state index contributed by atoms with van der Waals surface area (Å²) in [7, 11) is 1.73. The van der Waals surface area contributed by atoms with Crippen LogP contribution in [0.5, 0.6) is 5.75 Å². The molecule has 0 aliphatic rings. The van der Waals surface area contributed by atoms with Crippen LogP contribution < -0.4 is 10.1 Å². The van der Waals surface area contributed by atoms with Crippen molar-refractivity contribution in [2.75, 3.05) is 7.11 Å². The van der Waals surface area contributed by atoms with Crippen molar-refractivity contribution in [1.29, 1.82) is 0 Å². The number of imidazole rings is 1. The van der Waals surface area contributed by atoms with E-state index in [4.69, 9.17) is 4.74 Å². The first kappa shape index (κ1) is 19.9. The van der Waals surface area contributed by atoms with Gasteiger partial charge < -0.3 is 14.6 Å². The van der Waals surface area contributed by atoms with E-state index in [9.17, 15) is 0 Å². The van der Waals surface area contributed by atoms with Crippen LogP contribution in [0.2, 0.25) is 0 Å². The van der Waals surface area contributed by atoms with E-state index in [1.807, 2.05) is 24.8 Å². The van der Waals surface area contributed by atoms with E-state index in [0.29, 0.717) is 0 Å². The highest BCUT2D eigenvalue weighted by atomic mass is 35.5. The Bertz CT molecular complexity index is 1030. The number of ether oxygens (including phenoxy) is 1. The third-order valence-electron chi connectivity index (χ3n) is 4.87. The number of halogens is 1. The molecule has 1 N–H and O–H groups in total. The van der Waals surface area contributed by atoms with Gasteiger partial charge >= 0.3 is 0 Å². The van der Waals surface area contributed by atoms with Gasteiger partial charge in [0.25, 0.3) is 0 Å². The monoisotopic (exact) mass is 393 g/mol. The van der Waals surface area contributed by atoms with Crippen LogP contribution in [0, 0.1) is 0 Å². The van der Waals surface area contributed by atoms with Crippen molar-refractivity contribution in [3.8, 4) is 5.75 Å². The topological polar surface area (TPSA) is 39.1 Å². The second kappa shape index (κ2) is 9.40. The van der Waals surface area contributed by atoms with Gasteiger partial charge in [-0.25, -0.2) is 4.98 Å². The summed E-state index contributed by atoms with van der Waals surface area (Å²) in [6, 6.07) is 21.1. The molecule has 4 rings (SSSR count). The molecule has 4 nitrogen and oxygen atoms in total. The number of nitrogens with zero attached hydrogens (tertiary/aromatic N) is 2. The average Bonchev–Trinajstić information content (AvgIpc) is 3.22. The summed E-state index contributed by atoms with van der Waals surface area (Å²) < 4.78 is 7.69. The molecule has 5 heteroatoms. The summed E-state index contributed by atoms with van der Waals surface area (Å²) in [5, 5.41) is 6.06. The molecule has 0 saturated carbocycles. The van der Waals surface area contributed by atoms with Crippen molar-refractivity contribution >= 4 is 23.2 Å². The van der Waals surface area contributed by atoms with Crippen LogP contribution in [0.15, 0.2) is 79.4 Å². The molecule has 3 aromatic carbocycles. The van der Waals surface area contributed by atoms with Gasteiger partial charge in [0.1, 0.15) is 5.75 Å². The normalized spacial score (nSPS) is 10.6. The fraction of sp³-hybridized carbons (Fsp3) is 0.174. The fourth-order valence-electron chi connectivity index (χ4n) is 3.47.